The van der Waals surface area contributed by atoms with Crippen molar-refractivity contribution in [3.05, 3.63) is 90.6 Å². The van der Waals surface area contributed by atoms with Gasteiger partial charge < -0.3 is 4.42 Å². The van der Waals surface area contributed by atoms with Gasteiger partial charge in [0, 0.05) is 30.7 Å². The third kappa shape index (κ3) is 2.90. The zero-order valence-corrected chi connectivity index (χ0v) is 17.5. The maximum absolute atomic E-state index is 8.60. The van der Waals surface area contributed by atoms with Crippen LogP contribution >= 0.6 is 0 Å². The average Bonchev–Trinajstić information content (AvgIpc) is 3.22. The van der Waals surface area contributed by atoms with Gasteiger partial charge in [0.15, 0.2) is 0 Å². The van der Waals surface area contributed by atoms with Crippen LogP contribution in [0.4, 0.5) is 0 Å². The van der Waals surface area contributed by atoms with Gasteiger partial charge in [-0.3, -0.25) is 4.98 Å². The van der Waals surface area contributed by atoms with Crippen LogP contribution in [0.3, 0.4) is 0 Å². The zero-order chi connectivity index (χ0) is 22.7. The molecule has 0 N–H and O–H groups in total. The Labute approximate surface area is 183 Å². The number of nitrogens with zero attached hydrogens (tertiary/aromatic N) is 1. The number of rotatable bonds is 3. The average molecular weight is 404 g/mol. The molecule has 2 heteroatoms. The smallest absolute Gasteiger partial charge is 0.143 e. The molecule has 6 aromatic rings. The molecule has 0 amide bonds. The van der Waals surface area contributed by atoms with Crippen LogP contribution < -0.4 is 0 Å². The second-order valence-electron chi connectivity index (χ2n) is 8.34. The molecule has 4 aromatic carbocycles. The second kappa shape index (κ2) is 6.95. The molecule has 2 heterocycles. The molecular formula is C29H23NO. The van der Waals surface area contributed by atoms with Gasteiger partial charge >= 0.3 is 0 Å². The lowest BCUT2D eigenvalue weighted by Gasteiger charge is -2.12. The van der Waals surface area contributed by atoms with E-state index in [1.807, 2.05) is 44.2 Å². The number of fused-ring (bicyclic) bond motifs is 7. The Hall–Kier alpha value is -3.65. The summed E-state index contributed by atoms with van der Waals surface area (Å²) >= 11 is 0. The summed E-state index contributed by atoms with van der Waals surface area (Å²) in [5, 5.41) is 6.56. The van der Waals surface area contributed by atoms with Gasteiger partial charge in [-0.2, -0.15) is 0 Å². The van der Waals surface area contributed by atoms with Crippen LogP contribution in [0.15, 0.2) is 89.5 Å². The third-order valence-corrected chi connectivity index (χ3v) is 5.86. The summed E-state index contributed by atoms with van der Waals surface area (Å²) in [6.07, 6.45) is 0.268. The largest absolute Gasteiger partial charge is 0.455 e. The van der Waals surface area contributed by atoms with E-state index in [9.17, 15) is 0 Å². The van der Waals surface area contributed by atoms with Crippen molar-refractivity contribution in [1.82, 2.24) is 4.98 Å². The first-order valence-corrected chi connectivity index (χ1v) is 10.7. The minimum Gasteiger partial charge on any atom is -0.455 e. The number of aromatic nitrogens is 1. The molecule has 0 saturated carbocycles. The molecule has 0 aliphatic carbocycles. The molecule has 6 rings (SSSR count). The van der Waals surface area contributed by atoms with E-state index in [1.54, 1.807) is 12.3 Å². The van der Waals surface area contributed by atoms with E-state index in [0.717, 1.165) is 54.7 Å². The first kappa shape index (κ1) is 16.1. The highest BCUT2D eigenvalue weighted by atomic mass is 16.3. The highest BCUT2D eigenvalue weighted by Gasteiger charge is 2.17. The molecule has 0 bridgehead atoms. The Bertz CT molecular complexity index is 1680. The molecular weight excluding hydrogens is 378 g/mol. The molecule has 0 atom stereocenters. The van der Waals surface area contributed by atoms with Crippen molar-refractivity contribution in [3.8, 4) is 11.3 Å². The van der Waals surface area contributed by atoms with Crippen molar-refractivity contribution in [3.63, 3.8) is 0 Å². The Morgan fingerprint density at radius 3 is 2.48 bits per heavy atom. The lowest BCUT2D eigenvalue weighted by Crippen LogP contribution is -1.96. The molecule has 2 nitrogen and oxygen atoms in total. The van der Waals surface area contributed by atoms with Crippen LogP contribution in [0.5, 0.6) is 0 Å². The van der Waals surface area contributed by atoms with E-state index in [4.69, 9.17) is 12.1 Å². The number of hydrogen-bond acceptors (Lipinski definition) is 2. The molecule has 0 saturated heterocycles. The highest BCUT2D eigenvalue weighted by molar-refractivity contribution is 6.24. The van der Waals surface area contributed by atoms with Gasteiger partial charge in [-0.15, -0.1) is 0 Å². The molecule has 0 unspecified atom stereocenters. The van der Waals surface area contributed by atoms with Crippen molar-refractivity contribution in [1.29, 1.82) is 0 Å². The van der Waals surface area contributed by atoms with E-state index in [1.165, 1.54) is 0 Å². The monoisotopic (exact) mass is 403 g/mol. The quantitative estimate of drug-likeness (QED) is 0.279. The molecule has 2 aromatic heterocycles. The normalized spacial score (nSPS) is 13.4. The predicted octanol–water partition coefficient (Wildman–Crippen LogP) is 8.15. The fourth-order valence-corrected chi connectivity index (χ4v) is 4.58. The Morgan fingerprint density at radius 1 is 0.839 bits per heavy atom. The van der Waals surface area contributed by atoms with Gasteiger partial charge in [-0.05, 0) is 64.3 Å². The van der Waals surface area contributed by atoms with Crippen molar-refractivity contribution >= 4 is 43.5 Å². The molecule has 31 heavy (non-hydrogen) atoms. The van der Waals surface area contributed by atoms with Crippen LogP contribution in [0, 0.1) is 5.92 Å². The fraction of sp³-hybridized carbons (Fsp3) is 0.138. The minimum absolute atomic E-state index is 0.150. The lowest BCUT2D eigenvalue weighted by molar-refractivity contribution is 0.647. The first-order valence-electron chi connectivity index (χ1n) is 11.7. The second-order valence-corrected chi connectivity index (χ2v) is 8.34. The van der Waals surface area contributed by atoms with Crippen molar-refractivity contribution in [2.45, 2.75) is 20.2 Å². The topological polar surface area (TPSA) is 26.0 Å². The summed E-state index contributed by atoms with van der Waals surface area (Å²) in [5.41, 5.74) is 4.04. The van der Waals surface area contributed by atoms with Gasteiger partial charge in [-0.25, -0.2) is 0 Å². The van der Waals surface area contributed by atoms with E-state index < -0.39 is 6.37 Å². The van der Waals surface area contributed by atoms with Gasteiger partial charge in [0.2, 0.25) is 0 Å². The lowest BCUT2D eigenvalue weighted by atomic mass is 9.93. The van der Waals surface area contributed by atoms with E-state index in [-0.39, 0.29) is 5.92 Å². The minimum atomic E-state index is -1.45. The number of benzene rings is 4. The highest BCUT2D eigenvalue weighted by Crippen LogP contribution is 2.41. The maximum atomic E-state index is 8.60. The SMILES string of the molecule is [2H]C([2H])(c1ccnc(-c2cc3ccccc3c3ccc4c5ccccc5oc4c23)c1)C(C)C. The van der Waals surface area contributed by atoms with E-state index in [2.05, 4.69) is 42.5 Å². The molecule has 0 spiro atoms. The Kier molecular flexibility index (Phi) is 3.61. The standard InChI is InChI=1S/C29H23NO/c1-18(2)15-19-13-14-30-26(16-19)25-17-20-7-3-4-8-21(20)23-11-12-24-22-9-5-6-10-27(22)31-29(24)28(23)25/h3-14,16-18H,15H2,1-2H3/i15D2. The molecule has 0 aliphatic rings. The molecule has 0 radical (unpaired) electrons. The predicted molar refractivity (Wildman–Crippen MR) is 131 cm³/mol. The number of pyridine rings is 1. The van der Waals surface area contributed by atoms with E-state index in [0.29, 0.717) is 5.56 Å². The van der Waals surface area contributed by atoms with Crippen LogP contribution in [0.2, 0.25) is 0 Å². The molecule has 0 aliphatic heterocycles. The van der Waals surface area contributed by atoms with Crippen LogP contribution in [0.25, 0.3) is 54.7 Å². The molecule has 0 fully saturated rings. The van der Waals surface area contributed by atoms with Crippen LogP contribution in [0.1, 0.15) is 22.2 Å². The third-order valence-electron chi connectivity index (χ3n) is 5.86. The summed E-state index contributed by atoms with van der Waals surface area (Å²) < 4.78 is 23.6. The number of furan rings is 1. The molecule has 150 valence electrons. The Morgan fingerprint density at radius 2 is 1.61 bits per heavy atom. The van der Waals surface area contributed by atoms with Crippen molar-refractivity contribution in [2.75, 3.05) is 0 Å². The summed E-state index contributed by atoms with van der Waals surface area (Å²) in [5.74, 6) is -0.150. The van der Waals surface area contributed by atoms with Gasteiger partial charge in [-0.1, -0.05) is 62.4 Å². The maximum Gasteiger partial charge on any atom is 0.143 e. The zero-order valence-electron chi connectivity index (χ0n) is 19.5. The van der Waals surface area contributed by atoms with Gasteiger partial charge in [0.05, 0.1) is 5.69 Å². The number of hydrogen-bond donors (Lipinski definition) is 0. The summed E-state index contributed by atoms with van der Waals surface area (Å²) in [6.45, 7) is 3.81. The van der Waals surface area contributed by atoms with Crippen LogP contribution in [-0.2, 0) is 6.37 Å². The number of para-hydroxylation sites is 1. The summed E-state index contributed by atoms with van der Waals surface area (Å²) in [4.78, 5) is 4.69. The summed E-state index contributed by atoms with van der Waals surface area (Å²) in [6, 6.07) is 26.6. The van der Waals surface area contributed by atoms with Crippen LogP contribution in [-0.4, -0.2) is 4.98 Å². The van der Waals surface area contributed by atoms with Crippen molar-refractivity contribution < 1.29 is 7.16 Å². The van der Waals surface area contributed by atoms with Gasteiger partial charge in [0.1, 0.15) is 11.2 Å². The van der Waals surface area contributed by atoms with E-state index >= 15 is 0 Å². The summed E-state index contributed by atoms with van der Waals surface area (Å²) in [7, 11) is 0. The fourth-order valence-electron chi connectivity index (χ4n) is 4.58. The first-order chi connectivity index (χ1) is 15.9. The van der Waals surface area contributed by atoms with Crippen molar-refractivity contribution in [2.24, 2.45) is 5.92 Å². The van der Waals surface area contributed by atoms with Gasteiger partial charge in [0.25, 0.3) is 0 Å². The Balaban J connectivity index is 1.76.